The fourth-order valence-electron chi connectivity index (χ4n) is 1.54. The SMILES string of the molecule is COC(=O)C(C)(C)n1ccc(C(C)(C)C)c1. The monoisotopic (exact) mass is 223 g/mol. The quantitative estimate of drug-likeness (QED) is 0.722. The number of aromatic nitrogens is 1. The maximum atomic E-state index is 11.6. The average molecular weight is 223 g/mol. The van der Waals surface area contributed by atoms with Crippen molar-refractivity contribution in [2.45, 2.75) is 45.6 Å². The first-order valence-electron chi connectivity index (χ1n) is 5.47. The number of rotatable bonds is 2. The van der Waals surface area contributed by atoms with Gasteiger partial charge in [0.15, 0.2) is 0 Å². The van der Waals surface area contributed by atoms with Crippen LogP contribution in [0.2, 0.25) is 0 Å². The Morgan fingerprint density at radius 2 is 1.81 bits per heavy atom. The van der Waals surface area contributed by atoms with Gasteiger partial charge in [-0.25, -0.2) is 4.79 Å². The fraction of sp³-hybridized carbons (Fsp3) is 0.615. The van der Waals surface area contributed by atoms with Gasteiger partial charge in [-0.05, 0) is 30.9 Å². The number of methoxy groups -OCH3 is 1. The maximum absolute atomic E-state index is 11.6. The van der Waals surface area contributed by atoms with Crippen LogP contribution in [0, 0.1) is 0 Å². The average Bonchev–Trinajstić information content (AvgIpc) is 2.64. The van der Waals surface area contributed by atoms with Crippen molar-refractivity contribution in [1.29, 1.82) is 0 Å². The minimum atomic E-state index is -0.655. The zero-order valence-electron chi connectivity index (χ0n) is 11.0. The van der Waals surface area contributed by atoms with Gasteiger partial charge < -0.3 is 9.30 Å². The normalized spacial score (nSPS) is 12.6. The summed E-state index contributed by atoms with van der Waals surface area (Å²) in [5.74, 6) is -0.233. The molecule has 16 heavy (non-hydrogen) atoms. The molecule has 0 unspecified atom stereocenters. The van der Waals surface area contributed by atoms with E-state index in [2.05, 4.69) is 20.8 Å². The predicted molar refractivity (Wildman–Crippen MR) is 64.5 cm³/mol. The number of carbonyl (C=O) groups is 1. The lowest BCUT2D eigenvalue weighted by molar-refractivity contribution is -0.149. The molecule has 0 saturated heterocycles. The molecule has 1 rings (SSSR count). The van der Waals surface area contributed by atoms with Gasteiger partial charge in [0.25, 0.3) is 0 Å². The molecule has 0 atom stereocenters. The molecule has 0 aromatic carbocycles. The zero-order valence-corrected chi connectivity index (χ0v) is 11.0. The number of nitrogens with zero attached hydrogens (tertiary/aromatic N) is 1. The van der Waals surface area contributed by atoms with Gasteiger partial charge in [-0.1, -0.05) is 20.8 Å². The Labute approximate surface area is 97.4 Å². The molecule has 3 nitrogen and oxygen atoms in total. The van der Waals surface area contributed by atoms with Crippen LogP contribution in [-0.4, -0.2) is 17.6 Å². The van der Waals surface area contributed by atoms with Crippen molar-refractivity contribution in [2.24, 2.45) is 0 Å². The first kappa shape index (κ1) is 12.8. The highest BCUT2D eigenvalue weighted by molar-refractivity contribution is 5.77. The van der Waals surface area contributed by atoms with E-state index >= 15 is 0 Å². The van der Waals surface area contributed by atoms with Crippen LogP contribution in [0.4, 0.5) is 0 Å². The molecule has 1 aromatic heterocycles. The van der Waals surface area contributed by atoms with Crippen molar-refractivity contribution in [3.63, 3.8) is 0 Å². The van der Waals surface area contributed by atoms with E-state index in [9.17, 15) is 4.79 Å². The molecule has 0 N–H and O–H groups in total. The van der Waals surface area contributed by atoms with Gasteiger partial charge in [-0.3, -0.25) is 0 Å². The van der Waals surface area contributed by atoms with E-state index in [-0.39, 0.29) is 11.4 Å². The number of hydrogen-bond donors (Lipinski definition) is 0. The lowest BCUT2D eigenvalue weighted by atomic mass is 9.89. The standard InChI is InChI=1S/C13H21NO2/c1-12(2,3)10-7-8-14(9-10)13(4,5)11(15)16-6/h7-9H,1-6H3. The Hall–Kier alpha value is -1.25. The molecule has 0 fully saturated rings. The van der Waals surface area contributed by atoms with Crippen LogP contribution < -0.4 is 0 Å². The second kappa shape index (κ2) is 3.96. The molecule has 0 saturated carbocycles. The van der Waals surface area contributed by atoms with E-state index in [0.717, 1.165) is 0 Å². The topological polar surface area (TPSA) is 31.2 Å². The van der Waals surface area contributed by atoms with Crippen LogP contribution in [-0.2, 0) is 20.5 Å². The van der Waals surface area contributed by atoms with Crippen LogP contribution in [0.3, 0.4) is 0 Å². The van der Waals surface area contributed by atoms with Crippen LogP contribution in [0.5, 0.6) is 0 Å². The summed E-state index contributed by atoms with van der Waals surface area (Å²) >= 11 is 0. The number of hydrogen-bond acceptors (Lipinski definition) is 2. The van der Waals surface area contributed by atoms with E-state index in [0.29, 0.717) is 0 Å². The Morgan fingerprint density at radius 3 is 2.19 bits per heavy atom. The van der Waals surface area contributed by atoms with Gasteiger partial charge in [-0.15, -0.1) is 0 Å². The van der Waals surface area contributed by atoms with Crippen LogP contribution >= 0.6 is 0 Å². The van der Waals surface area contributed by atoms with Crippen LogP contribution in [0.25, 0.3) is 0 Å². The molecule has 0 amide bonds. The Kier molecular flexibility index (Phi) is 3.17. The van der Waals surface area contributed by atoms with Gasteiger partial charge in [0.2, 0.25) is 0 Å². The van der Waals surface area contributed by atoms with Crippen molar-refractivity contribution in [2.75, 3.05) is 7.11 Å². The summed E-state index contributed by atoms with van der Waals surface area (Å²) in [4.78, 5) is 11.6. The van der Waals surface area contributed by atoms with Gasteiger partial charge in [0.1, 0.15) is 5.54 Å². The molecular weight excluding hydrogens is 202 g/mol. The van der Waals surface area contributed by atoms with Gasteiger partial charge in [-0.2, -0.15) is 0 Å². The lowest BCUT2D eigenvalue weighted by Gasteiger charge is -2.24. The van der Waals surface area contributed by atoms with Gasteiger partial charge >= 0.3 is 5.97 Å². The third kappa shape index (κ3) is 2.29. The van der Waals surface area contributed by atoms with Crippen molar-refractivity contribution in [1.82, 2.24) is 4.57 Å². The number of esters is 1. The summed E-state index contributed by atoms with van der Waals surface area (Å²) in [5.41, 5.74) is 0.653. The highest BCUT2D eigenvalue weighted by Crippen LogP contribution is 2.26. The van der Waals surface area contributed by atoms with E-state index in [1.54, 1.807) is 0 Å². The Balaban J connectivity index is 3.07. The molecule has 0 bridgehead atoms. The summed E-state index contributed by atoms with van der Waals surface area (Å²) in [6, 6.07) is 2.05. The minimum absolute atomic E-state index is 0.0947. The first-order valence-corrected chi connectivity index (χ1v) is 5.47. The van der Waals surface area contributed by atoms with Crippen molar-refractivity contribution < 1.29 is 9.53 Å². The second-order valence-electron chi connectivity index (χ2n) is 5.61. The molecule has 1 heterocycles. The Morgan fingerprint density at radius 1 is 1.25 bits per heavy atom. The molecule has 0 aliphatic heterocycles. The van der Waals surface area contributed by atoms with E-state index in [1.807, 2.05) is 36.9 Å². The second-order valence-corrected chi connectivity index (χ2v) is 5.61. The summed E-state index contributed by atoms with van der Waals surface area (Å²) in [6.45, 7) is 10.2. The number of carbonyl (C=O) groups excluding carboxylic acids is 1. The van der Waals surface area contributed by atoms with Gasteiger partial charge in [0.05, 0.1) is 7.11 Å². The van der Waals surface area contributed by atoms with Crippen LogP contribution in [0.1, 0.15) is 40.2 Å². The van der Waals surface area contributed by atoms with Gasteiger partial charge in [0, 0.05) is 12.4 Å². The third-order valence-electron chi connectivity index (χ3n) is 2.89. The largest absolute Gasteiger partial charge is 0.467 e. The molecule has 90 valence electrons. The van der Waals surface area contributed by atoms with Crippen molar-refractivity contribution in [3.05, 3.63) is 24.0 Å². The predicted octanol–water partition coefficient (Wildman–Crippen LogP) is 2.69. The van der Waals surface area contributed by atoms with Crippen LogP contribution in [0.15, 0.2) is 18.5 Å². The molecule has 0 radical (unpaired) electrons. The third-order valence-corrected chi connectivity index (χ3v) is 2.89. The maximum Gasteiger partial charge on any atom is 0.331 e. The van der Waals surface area contributed by atoms with E-state index in [1.165, 1.54) is 12.7 Å². The summed E-state index contributed by atoms with van der Waals surface area (Å²) < 4.78 is 6.71. The smallest absolute Gasteiger partial charge is 0.331 e. The van der Waals surface area contributed by atoms with Crippen molar-refractivity contribution in [3.8, 4) is 0 Å². The minimum Gasteiger partial charge on any atom is -0.467 e. The molecule has 0 spiro atoms. The fourth-order valence-corrected chi connectivity index (χ4v) is 1.54. The molecule has 0 aliphatic carbocycles. The summed E-state index contributed by atoms with van der Waals surface area (Å²) in [5, 5.41) is 0. The summed E-state index contributed by atoms with van der Waals surface area (Å²) in [6.07, 6.45) is 3.94. The number of ether oxygens (including phenoxy) is 1. The molecule has 3 heteroatoms. The van der Waals surface area contributed by atoms with E-state index < -0.39 is 5.54 Å². The molecule has 1 aromatic rings. The zero-order chi connectivity index (χ0) is 12.6. The highest BCUT2D eigenvalue weighted by Gasteiger charge is 2.31. The Bertz CT molecular complexity index is 383. The lowest BCUT2D eigenvalue weighted by Crippen LogP contribution is -2.36. The molecular formula is C13H21NO2. The molecule has 0 aliphatic rings. The summed E-state index contributed by atoms with van der Waals surface area (Å²) in [7, 11) is 1.41. The van der Waals surface area contributed by atoms with Crippen molar-refractivity contribution >= 4 is 5.97 Å². The highest BCUT2D eigenvalue weighted by atomic mass is 16.5. The van der Waals surface area contributed by atoms with E-state index in [4.69, 9.17) is 4.74 Å². The first-order chi connectivity index (χ1) is 7.19.